The first-order chi connectivity index (χ1) is 13.6. The number of carbonyl (C=O) groups excluding carboxylic acids is 1. The lowest BCUT2D eigenvalue weighted by atomic mass is 9.88. The van der Waals surface area contributed by atoms with Crippen LogP contribution in [0.3, 0.4) is 0 Å². The van der Waals surface area contributed by atoms with Gasteiger partial charge in [0.05, 0.1) is 5.02 Å². The normalized spacial score (nSPS) is 11.1. The maximum absolute atomic E-state index is 13.8. The van der Waals surface area contributed by atoms with E-state index in [1.807, 2.05) is 36.4 Å². The molecule has 0 spiro atoms. The Labute approximate surface area is 169 Å². The van der Waals surface area contributed by atoms with Gasteiger partial charge in [-0.15, -0.1) is 0 Å². The second-order valence-corrected chi connectivity index (χ2v) is 6.83. The maximum atomic E-state index is 13.8. The van der Waals surface area contributed by atoms with Crippen molar-refractivity contribution < 1.29 is 9.18 Å². The molecule has 1 amide bonds. The molecule has 0 unspecified atom stereocenters. The van der Waals surface area contributed by atoms with Gasteiger partial charge in [0.2, 0.25) is 5.91 Å². The zero-order valence-corrected chi connectivity index (χ0v) is 16.1. The summed E-state index contributed by atoms with van der Waals surface area (Å²) in [5.41, 5.74) is 2.62. The van der Waals surface area contributed by atoms with Crippen LogP contribution in [0.5, 0.6) is 0 Å². The van der Waals surface area contributed by atoms with Crippen molar-refractivity contribution >= 4 is 23.6 Å². The van der Waals surface area contributed by atoms with Crippen LogP contribution in [0.1, 0.15) is 29.0 Å². The SMILES string of the molecule is O=C(C=Cc1c(F)cccc1Cl)NCCC(c1ccccc1)c1ccccc1. The van der Waals surface area contributed by atoms with Gasteiger partial charge in [0.15, 0.2) is 0 Å². The Morgan fingerprint density at radius 2 is 1.54 bits per heavy atom. The highest BCUT2D eigenvalue weighted by atomic mass is 35.5. The summed E-state index contributed by atoms with van der Waals surface area (Å²) in [6.07, 6.45) is 3.47. The van der Waals surface area contributed by atoms with Gasteiger partial charge in [-0.2, -0.15) is 0 Å². The first kappa shape index (κ1) is 19.8. The monoisotopic (exact) mass is 393 g/mol. The highest BCUT2D eigenvalue weighted by molar-refractivity contribution is 6.32. The number of rotatable bonds is 7. The summed E-state index contributed by atoms with van der Waals surface area (Å²) in [5.74, 6) is -0.545. The van der Waals surface area contributed by atoms with Gasteiger partial charge in [-0.25, -0.2) is 4.39 Å². The first-order valence-electron chi connectivity index (χ1n) is 9.15. The molecule has 4 heteroatoms. The molecule has 0 fully saturated rings. The van der Waals surface area contributed by atoms with Crippen molar-refractivity contribution in [3.05, 3.63) is 112 Å². The minimum Gasteiger partial charge on any atom is -0.353 e. The Kier molecular flexibility index (Phi) is 6.99. The molecule has 0 aliphatic rings. The fourth-order valence-electron chi connectivity index (χ4n) is 3.12. The quantitative estimate of drug-likeness (QED) is 0.502. The van der Waals surface area contributed by atoms with Crippen LogP contribution in [0.15, 0.2) is 84.9 Å². The number of benzene rings is 3. The molecule has 28 heavy (non-hydrogen) atoms. The van der Waals surface area contributed by atoms with Crippen LogP contribution in [-0.2, 0) is 4.79 Å². The summed E-state index contributed by atoms with van der Waals surface area (Å²) in [5, 5.41) is 3.15. The number of nitrogens with one attached hydrogen (secondary N) is 1. The van der Waals surface area contributed by atoms with E-state index in [9.17, 15) is 9.18 Å². The van der Waals surface area contributed by atoms with E-state index >= 15 is 0 Å². The highest BCUT2D eigenvalue weighted by Crippen LogP contribution is 2.27. The molecule has 0 heterocycles. The molecule has 0 bridgehead atoms. The average Bonchev–Trinajstić information content (AvgIpc) is 2.72. The molecule has 3 rings (SSSR count). The summed E-state index contributed by atoms with van der Waals surface area (Å²) >= 11 is 5.97. The molecule has 0 aliphatic heterocycles. The van der Waals surface area contributed by atoms with Crippen molar-refractivity contribution in [3.8, 4) is 0 Å². The molecule has 2 nitrogen and oxygen atoms in total. The molecule has 0 saturated carbocycles. The molecule has 1 N–H and O–H groups in total. The average molecular weight is 394 g/mol. The van der Waals surface area contributed by atoms with E-state index in [2.05, 4.69) is 29.6 Å². The van der Waals surface area contributed by atoms with Gasteiger partial charge >= 0.3 is 0 Å². The van der Waals surface area contributed by atoms with Crippen LogP contribution in [0.25, 0.3) is 6.08 Å². The van der Waals surface area contributed by atoms with E-state index in [4.69, 9.17) is 11.6 Å². The topological polar surface area (TPSA) is 29.1 Å². The predicted molar refractivity (Wildman–Crippen MR) is 113 cm³/mol. The van der Waals surface area contributed by atoms with Gasteiger partial charge in [-0.05, 0) is 35.8 Å². The minimum absolute atomic E-state index is 0.188. The Morgan fingerprint density at radius 1 is 0.929 bits per heavy atom. The Hall–Kier alpha value is -2.91. The third-order valence-corrected chi connectivity index (χ3v) is 4.87. The van der Waals surface area contributed by atoms with Gasteiger partial charge in [-0.3, -0.25) is 4.79 Å². The Morgan fingerprint density at radius 3 is 2.11 bits per heavy atom. The summed E-state index contributed by atoms with van der Waals surface area (Å²) in [7, 11) is 0. The molecule has 0 aliphatic carbocycles. The number of hydrogen-bond donors (Lipinski definition) is 1. The summed E-state index contributed by atoms with van der Waals surface area (Å²) in [6, 6.07) is 24.9. The van der Waals surface area contributed by atoms with Crippen molar-refractivity contribution in [2.24, 2.45) is 0 Å². The van der Waals surface area contributed by atoms with Crippen molar-refractivity contribution in [2.45, 2.75) is 12.3 Å². The van der Waals surface area contributed by atoms with Crippen LogP contribution < -0.4 is 5.32 Å². The molecule has 0 saturated heterocycles. The van der Waals surface area contributed by atoms with E-state index in [1.54, 1.807) is 6.07 Å². The van der Waals surface area contributed by atoms with Crippen LogP contribution >= 0.6 is 11.6 Å². The second kappa shape index (κ2) is 9.86. The van der Waals surface area contributed by atoms with Crippen LogP contribution in [0.4, 0.5) is 4.39 Å². The van der Waals surface area contributed by atoms with Crippen molar-refractivity contribution in [2.75, 3.05) is 6.54 Å². The number of hydrogen-bond acceptors (Lipinski definition) is 1. The van der Waals surface area contributed by atoms with E-state index in [-0.39, 0.29) is 22.4 Å². The summed E-state index contributed by atoms with van der Waals surface area (Å²) in [4.78, 5) is 12.1. The zero-order chi connectivity index (χ0) is 19.8. The van der Waals surface area contributed by atoms with E-state index in [1.165, 1.54) is 35.4 Å². The van der Waals surface area contributed by atoms with E-state index in [0.717, 1.165) is 6.42 Å². The molecule has 3 aromatic rings. The van der Waals surface area contributed by atoms with Gasteiger partial charge < -0.3 is 5.32 Å². The molecule has 0 aromatic heterocycles. The highest BCUT2D eigenvalue weighted by Gasteiger charge is 2.13. The maximum Gasteiger partial charge on any atom is 0.244 e. The standard InChI is InChI=1S/C24H21ClFNO/c25-22-12-7-13-23(26)21(22)14-15-24(28)27-17-16-20(18-8-3-1-4-9-18)19-10-5-2-6-11-19/h1-15,20H,16-17H2,(H,27,28). The molecular weight excluding hydrogens is 373 g/mol. The van der Waals surface area contributed by atoms with Gasteiger partial charge in [0.25, 0.3) is 0 Å². The van der Waals surface area contributed by atoms with Gasteiger partial charge in [-0.1, -0.05) is 78.3 Å². The van der Waals surface area contributed by atoms with E-state index < -0.39 is 5.82 Å². The number of halogens is 2. The predicted octanol–water partition coefficient (Wildman–Crippen LogP) is 5.83. The lowest BCUT2D eigenvalue weighted by Crippen LogP contribution is -2.23. The van der Waals surface area contributed by atoms with Crippen molar-refractivity contribution in [1.82, 2.24) is 5.32 Å². The van der Waals surface area contributed by atoms with Crippen LogP contribution in [0.2, 0.25) is 5.02 Å². The molecule has 142 valence electrons. The third-order valence-electron chi connectivity index (χ3n) is 4.54. The fourth-order valence-corrected chi connectivity index (χ4v) is 3.35. The zero-order valence-electron chi connectivity index (χ0n) is 15.3. The summed E-state index contributed by atoms with van der Waals surface area (Å²) < 4.78 is 13.8. The molecule has 0 radical (unpaired) electrons. The largest absolute Gasteiger partial charge is 0.353 e. The van der Waals surface area contributed by atoms with Gasteiger partial charge in [0.1, 0.15) is 5.82 Å². The van der Waals surface area contributed by atoms with Crippen LogP contribution in [0, 0.1) is 5.82 Å². The molecule has 3 aromatic carbocycles. The third kappa shape index (κ3) is 5.30. The Balaban J connectivity index is 1.63. The second-order valence-electron chi connectivity index (χ2n) is 6.42. The summed E-state index contributed by atoms with van der Waals surface area (Å²) in [6.45, 7) is 0.503. The van der Waals surface area contributed by atoms with Crippen molar-refractivity contribution in [1.29, 1.82) is 0 Å². The molecular formula is C24H21ClFNO. The van der Waals surface area contributed by atoms with Gasteiger partial charge in [0, 0.05) is 24.1 Å². The number of amides is 1. The van der Waals surface area contributed by atoms with Crippen LogP contribution in [-0.4, -0.2) is 12.5 Å². The fraction of sp³-hybridized carbons (Fsp3) is 0.125. The first-order valence-corrected chi connectivity index (χ1v) is 9.53. The lowest BCUT2D eigenvalue weighted by molar-refractivity contribution is -0.116. The smallest absolute Gasteiger partial charge is 0.244 e. The van der Waals surface area contributed by atoms with Crippen molar-refractivity contribution in [3.63, 3.8) is 0 Å². The number of carbonyl (C=O) groups is 1. The lowest BCUT2D eigenvalue weighted by Gasteiger charge is -2.18. The van der Waals surface area contributed by atoms with E-state index in [0.29, 0.717) is 6.54 Å². The Bertz CT molecular complexity index is 882. The minimum atomic E-state index is -0.454. The molecule has 0 atom stereocenters.